The lowest BCUT2D eigenvalue weighted by atomic mass is 10.1. The molecule has 9 aromatic rings. The minimum Gasteiger partial charge on any atom is -0.491 e. The summed E-state index contributed by atoms with van der Waals surface area (Å²) >= 11 is 0. The Morgan fingerprint density at radius 2 is 0.826 bits per heavy atom. The minimum atomic E-state index is 0.535. The molecule has 5 aromatic heterocycles. The first-order valence-corrected chi connectivity index (χ1v) is 14.8. The Bertz CT molecular complexity index is 2510. The highest BCUT2D eigenvalue weighted by molar-refractivity contribution is 6.09. The van der Waals surface area contributed by atoms with Crippen molar-refractivity contribution >= 4 is 38.7 Å². The molecule has 10 nitrogen and oxygen atoms in total. The zero-order chi connectivity index (χ0) is 30.9. The summed E-state index contributed by atoms with van der Waals surface area (Å²) in [6.07, 6.45) is 0. The summed E-state index contributed by atoms with van der Waals surface area (Å²) < 4.78 is 26.0. The summed E-state index contributed by atoms with van der Waals surface area (Å²) in [6, 6.07) is 36.5. The van der Waals surface area contributed by atoms with Gasteiger partial charge in [0, 0.05) is 21.9 Å². The topological polar surface area (TPSA) is 84.5 Å². The van der Waals surface area contributed by atoms with E-state index in [1.807, 2.05) is 77.3 Å². The predicted molar refractivity (Wildman–Crippen MR) is 178 cm³/mol. The first-order valence-electron chi connectivity index (χ1n) is 14.8. The van der Waals surface area contributed by atoms with Crippen molar-refractivity contribution < 1.29 is 14.2 Å². The van der Waals surface area contributed by atoms with Gasteiger partial charge in [-0.05, 0) is 12.1 Å². The fourth-order valence-corrected chi connectivity index (χ4v) is 6.60. The molecule has 0 amide bonds. The molecule has 0 aliphatic heterocycles. The van der Waals surface area contributed by atoms with Crippen LogP contribution in [0.15, 0.2) is 109 Å². The van der Waals surface area contributed by atoms with Crippen LogP contribution >= 0.6 is 0 Å². The molecule has 0 radical (unpaired) electrons. The Labute approximate surface area is 262 Å². The van der Waals surface area contributed by atoms with Gasteiger partial charge >= 0.3 is 0 Å². The van der Waals surface area contributed by atoms with Crippen LogP contribution in [0.3, 0.4) is 0 Å². The van der Waals surface area contributed by atoms with E-state index < -0.39 is 0 Å². The van der Waals surface area contributed by atoms with Gasteiger partial charge in [-0.25, -0.2) is 0 Å². The first kappa shape index (κ1) is 26.1. The number of hydrogen-bond donors (Lipinski definition) is 0. The Hall–Kier alpha value is -6.29. The molecule has 5 heterocycles. The van der Waals surface area contributed by atoms with Crippen LogP contribution in [0.1, 0.15) is 0 Å². The van der Waals surface area contributed by atoms with Crippen LogP contribution in [0, 0.1) is 0 Å². The van der Waals surface area contributed by atoms with Crippen LogP contribution < -0.4 is 14.2 Å². The molecular formula is C36H27N7O3. The number of ether oxygens (including phenoxy) is 3. The number of benzene rings is 4. The number of methoxy groups -OCH3 is 3. The molecule has 9 rings (SSSR count). The van der Waals surface area contributed by atoms with Gasteiger partial charge in [0.25, 0.3) is 0 Å². The fourth-order valence-electron chi connectivity index (χ4n) is 6.60. The SMILES string of the molecule is COc1c(-c2ccccc2)nn2c1n1nc(-c3ccccc3)c(OC)c1n1nc(-n3c4ccccc4c4ccccc43)c(OC)c21. The molecule has 46 heavy (non-hydrogen) atoms. The molecule has 0 spiro atoms. The monoisotopic (exact) mass is 605 g/mol. The van der Waals surface area contributed by atoms with E-state index in [4.69, 9.17) is 29.5 Å². The predicted octanol–water partition coefficient (Wildman–Crippen LogP) is 7.09. The summed E-state index contributed by atoms with van der Waals surface area (Å²) in [7, 11) is 4.96. The summed E-state index contributed by atoms with van der Waals surface area (Å²) in [4.78, 5) is 0. The second kappa shape index (κ2) is 9.86. The highest BCUT2D eigenvalue weighted by atomic mass is 16.5. The van der Waals surface area contributed by atoms with Crippen LogP contribution in [-0.2, 0) is 0 Å². The fraction of sp³-hybridized carbons (Fsp3) is 0.0833. The van der Waals surface area contributed by atoms with Gasteiger partial charge in [-0.2, -0.15) is 23.7 Å². The minimum absolute atomic E-state index is 0.535. The molecule has 0 atom stereocenters. The van der Waals surface area contributed by atoms with Gasteiger partial charge < -0.3 is 14.2 Å². The second-order valence-electron chi connectivity index (χ2n) is 10.9. The van der Waals surface area contributed by atoms with E-state index in [2.05, 4.69) is 41.0 Å². The van der Waals surface area contributed by atoms with E-state index in [0.717, 1.165) is 32.9 Å². The average Bonchev–Trinajstić information content (AvgIpc) is 3.87. The summed E-state index contributed by atoms with van der Waals surface area (Å²) in [5, 5.41) is 17.8. The molecule has 0 unspecified atom stereocenters. The smallest absolute Gasteiger partial charge is 0.209 e. The third-order valence-electron chi connectivity index (χ3n) is 8.54. The molecule has 0 saturated heterocycles. The van der Waals surface area contributed by atoms with Crippen LogP contribution in [0.5, 0.6) is 17.2 Å². The zero-order valence-electron chi connectivity index (χ0n) is 25.2. The lowest BCUT2D eigenvalue weighted by Gasteiger charge is -2.07. The van der Waals surface area contributed by atoms with E-state index >= 15 is 0 Å². The van der Waals surface area contributed by atoms with Gasteiger partial charge in [0.1, 0.15) is 11.4 Å². The van der Waals surface area contributed by atoms with Gasteiger partial charge in [-0.1, -0.05) is 97.1 Å². The van der Waals surface area contributed by atoms with Gasteiger partial charge in [0.2, 0.25) is 28.5 Å². The van der Waals surface area contributed by atoms with E-state index in [0.29, 0.717) is 51.4 Å². The molecule has 0 fully saturated rings. The third kappa shape index (κ3) is 3.43. The van der Waals surface area contributed by atoms with Crippen molar-refractivity contribution in [3.63, 3.8) is 0 Å². The number of nitrogens with zero attached hydrogens (tertiary/aromatic N) is 7. The van der Waals surface area contributed by atoms with Crippen molar-refractivity contribution in [3.05, 3.63) is 109 Å². The quantitative estimate of drug-likeness (QED) is 0.201. The summed E-state index contributed by atoms with van der Waals surface area (Å²) in [6.45, 7) is 0. The Kier molecular flexibility index (Phi) is 5.60. The number of para-hydroxylation sites is 2. The average molecular weight is 606 g/mol. The lowest BCUT2D eigenvalue weighted by Crippen LogP contribution is -2.06. The van der Waals surface area contributed by atoms with Gasteiger partial charge in [-0.15, -0.1) is 5.10 Å². The maximum Gasteiger partial charge on any atom is 0.209 e. The van der Waals surface area contributed by atoms with Crippen LogP contribution in [0.25, 0.3) is 67.1 Å². The maximum absolute atomic E-state index is 6.25. The first-order chi connectivity index (χ1) is 22.7. The van der Waals surface area contributed by atoms with Crippen LogP contribution in [-0.4, -0.2) is 54.7 Å². The Morgan fingerprint density at radius 1 is 0.435 bits per heavy atom. The number of hydrogen-bond acceptors (Lipinski definition) is 6. The molecule has 0 bridgehead atoms. The van der Waals surface area contributed by atoms with E-state index in [1.165, 1.54) is 0 Å². The molecule has 0 saturated carbocycles. The lowest BCUT2D eigenvalue weighted by molar-refractivity contribution is 0.415. The molecule has 0 aliphatic carbocycles. The van der Waals surface area contributed by atoms with E-state index in [9.17, 15) is 0 Å². The number of fused-ring (bicyclic) bond motifs is 9. The molecule has 10 heteroatoms. The van der Waals surface area contributed by atoms with Gasteiger partial charge in [0.15, 0.2) is 11.5 Å². The normalized spacial score (nSPS) is 11.8. The van der Waals surface area contributed by atoms with Crippen molar-refractivity contribution in [3.8, 4) is 45.6 Å². The highest BCUT2D eigenvalue weighted by Gasteiger charge is 2.31. The summed E-state index contributed by atoms with van der Waals surface area (Å²) in [5.74, 6) is 2.26. The highest BCUT2D eigenvalue weighted by Crippen LogP contribution is 2.43. The van der Waals surface area contributed by atoms with Gasteiger partial charge in [-0.3, -0.25) is 4.57 Å². The van der Waals surface area contributed by atoms with E-state index in [1.54, 1.807) is 30.4 Å². The van der Waals surface area contributed by atoms with Crippen molar-refractivity contribution in [2.75, 3.05) is 21.3 Å². The second-order valence-corrected chi connectivity index (χ2v) is 10.9. The molecule has 224 valence electrons. The van der Waals surface area contributed by atoms with Crippen LogP contribution in [0.2, 0.25) is 0 Å². The maximum atomic E-state index is 6.25. The largest absolute Gasteiger partial charge is 0.491 e. The van der Waals surface area contributed by atoms with Gasteiger partial charge in [0.05, 0.1) is 32.4 Å². The number of rotatable bonds is 6. The molecule has 0 aliphatic rings. The Morgan fingerprint density at radius 3 is 1.28 bits per heavy atom. The molecular weight excluding hydrogens is 578 g/mol. The third-order valence-corrected chi connectivity index (χ3v) is 8.54. The zero-order valence-corrected chi connectivity index (χ0v) is 25.2. The Balaban J connectivity index is 1.51. The number of aromatic nitrogens is 7. The van der Waals surface area contributed by atoms with Crippen molar-refractivity contribution in [1.82, 2.24) is 33.4 Å². The standard InChI is InChI=1S/C36H27N7O3/c1-44-30-28(22-14-6-4-7-15-22)38-42-34(30)41-35(31(45-2)29(37-41)23-16-8-5-9-17-23)43-36(42)32(46-3)33(39-43)40-26-20-12-10-18-24(26)25-19-11-13-21-27(25)40/h4-21H,1-3H3. The van der Waals surface area contributed by atoms with Crippen molar-refractivity contribution in [1.29, 1.82) is 0 Å². The summed E-state index contributed by atoms with van der Waals surface area (Å²) in [5.41, 5.74) is 6.95. The van der Waals surface area contributed by atoms with Crippen LogP contribution in [0.4, 0.5) is 0 Å². The molecule has 0 N–H and O–H groups in total. The van der Waals surface area contributed by atoms with Crippen molar-refractivity contribution in [2.45, 2.75) is 0 Å². The van der Waals surface area contributed by atoms with Crippen molar-refractivity contribution in [2.24, 2.45) is 0 Å². The molecule has 4 aromatic carbocycles. The van der Waals surface area contributed by atoms with E-state index in [-0.39, 0.29) is 0 Å².